The van der Waals surface area contributed by atoms with E-state index >= 15 is 0 Å². The maximum Gasteiger partial charge on any atom is 0.335 e. The van der Waals surface area contributed by atoms with Gasteiger partial charge in [0.25, 0.3) is 0 Å². The van der Waals surface area contributed by atoms with Crippen molar-refractivity contribution in [2.24, 2.45) is 0 Å². The van der Waals surface area contributed by atoms with E-state index in [0.29, 0.717) is 0 Å². The molecule has 11 N–H and O–H groups in total. The fourth-order valence-electron chi connectivity index (χ4n) is 1.28. The molecule has 0 aromatic heterocycles. The minimum Gasteiger partial charge on any atom is -0.479 e. The topological polar surface area (TPSA) is 274 Å². The van der Waals surface area contributed by atoms with E-state index in [1.807, 2.05) is 0 Å². The molecule has 0 spiro atoms. The molecule has 156 valence electrons. The van der Waals surface area contributed by atoms with Crippen LogP contribution in [0.5, 0.6) is 0 Å². The zero-order chi connectivity index (χ0) is 21.2. The summed E-state index contributed by atoms with van der Waals surface area (Å²) in [4.78, 5) is 30.1. The first kappa shape index (κ1) is 30.6. The van der Waals surface area contributed by atoms with Crippen LogP contribution in [-0.4, -0.2) is 130 Å². The number of aliphatic carboxylic acids is 2. The van der Waals surface area contributed by atoms with Crippen molar-refractivity contribution in [3.63, 3.8) is 0 Å². The Kier molecular flexibility index (Phi) is 16.9. The molecule has 0 aromatic rings. The Labute approximate surface area is 164 Å². The van der Waals surface area contributed by atoms with Gasteiger partial charge in [-0.2, -0.15) is 0 Å². The summed E-state index contributed by atoms with van der Waals surface area (Å²) < 4.78 is 0. The summed E-state index contributed by atoms with van der Waals surface area (Å²) in [6.07, 6.45) is -16.1. The van der Waals surface area contributed by atoms with Crippen molar-refractivity contribution in [3.8, 4) is 0 Å². The van der Waals surface area contributed by atoms with E-state index in [2.05, 4.69) is 0 Å². The number of rotatable bonds is 10. The van der Waals surface area contributed by atoms with Gasteiger partial charge < -0.3 is 61.0 Å². The van der Waals surface area contributed by atoms with Crippen molar-refractivity contribution in [1.29, 1.82) is 0 Å². The zero-order valence-corrected chi connectivity index (χ0v) is 16.7. The first-order valence-electron chi connectivity index (χ1n) is 6.79. The van der Waals surface area contributed by atoms with Gasteiger partial charge in [-0.3, -0.25) is 0 Å². The minimum atomic E-state index is -2.36. The molecular formula is C12H22O14Zn. The zero-order valence-electron chi connectivity index (χ0n) is 13.8. The summed E-state index contributed by atoms with van der Waals surface area (Å²) in [6.45, 7) is -0.760. The summed E-state index contributed by atoms with van der Waals surface area (Å²) in [6, 6.07) is 0. The maximum atomic E-state index is 10.1. The molecule has 0 radical (unpaired) electrons. The third-order valence-corrected chi connectivity index (χ3v) is 2.92. The number of carbonyl (C=O) groups is 3. The second-order valence-electron chi connectivity index (χ2n) is 4.91. The average Bonchev–Trinajstić information content (AvgIpc) is 2.62. The molecule has 8 unspecified atom stereocenters. The molecule has 0 amide bonds. The van der Waals surface area contributed by atoms with Crippen molar-refractivity contribution >= 4 is 18.2 Å². The van der Waals surface area contributed by atoms with Gasteiger partial charge in [0.1, 0.15) is 36.6 Å². The van der Waals surface area contributed by atoms with E-state index < -0.39 is 67.4 Å². The number of hydrogen-bond donors (Lipinski definition) is 11. The number of carbonyl (C=O) groups excluding carboxylic acids is 1. The molecule has 0 saturated carbocycles. The normalized spacial score (nSPS) is 19.4. The van der Waals surface area contributed by atoms with Crippen LogP contribution in [0.4, 0.5) is 0 Å². The number of aliphatic hydroxyl groups excluding tert-OH is 9. The first-order chi connectivity index (χ1) is 11.8. The number of aldehydes is 1. The molecule has 0 heterocycles. The second-order valence-corrected chi connectivity index (χ2v) is 4.91. The maximum absolute atomic E-state index is 10.1. The third kappa shape index (κ3) is 10.7. The van der Waals surface area contributed by atoms with Crippen LogP contribution in [0, 0.1) is 0 Å². The summed E-state index contributed by atoms with van der Waals surface area (Å²) >= 11 is 0. The molecule has 0 rings (SSSR count). The minimum absolute atomic E-state index is 0. The van der Waals surface area contributed by atoms with Gasteiger partial charge in [-0.15, -0.1) is 0 Å². The number of hydrogen-bond acceptors (Lipinski definition) is 12. The van der Waals surface area contributed by atoms with E-state index in [9.17, 15) is 14.4 Å². The van der Waals surface area contributed by atoms with Crippen LogP contribution < -0.4 is 0 Å². The van der Waals surface area contributed by atoms with Crippen LogP contribution in [0.1, 0.15) is 0 Å². The molecule has 0 aromatic carbocycles. The molecule has 8 atom stereocenters. The van der Waals surface area contributed by atoms with Crippen molar-refractivity contribution in [2.45, 2.75) is 48.8 Å². The average molecular weight is 456 g/mol. The molecular weight excluding hydrogens is 434 g/mol. The number of carboxylic acids is 2. The van der Waals surface area contributed by atoms with Crippen molar-refractivity contribution < 1.29 is 90.0 Å². The molecule has 0 aliphatic rings. The molecule has 0 aliphatic carbocycles. The van der Waals surface area contributed by atoms with Gasteiger partial charge in [0.05, 0.1) is 6.61 Å². The predicted molar refractivity (Wildman–Crippen MR) is 76.5 cm³/mol. The summed E-state index contributed by atoms with van der Waals surface area (Å²) in [5, 5.41) is 95.0. The van der Waals surface area contributed by atoms with E-state index in [1.165, 1.54) is 0 Å². The molecule has 15 heteroatoms. The van der Waals surface area contributed by atoms with Crippen LogP contribution in [0.2, 0.25) is 0 Å². The van der Waals surface area contributed by atoms with Gasteiger partial charge in [0.15, 0.2) is 18.5 Å². The molecule has 27 heavy (non-hydrogen) atoms. The Bertz CT molecular complexity index is 424. The Hall–Kier alpha value is -1.13. The molecule has 0 saturated heterocycles. The van der Waals surface area contributed by atoms with Gasteiger partial charge in [-0.05, 0) is 0 Å². The van der Waals surface area contributed by atoms with Crippen molar-refractivity contribution in [2.75, 3.05) is 6.61 Å². The van der Waals surface area contributed by atoms with Crippen LogP contribution in [0.25, 0.3) is 0 Å². The Morgan fingerprint density at radius 2 is 1.04 bits per heavy atom. The van der Waals surface area contributed by atoms with E-state index in [0.717, 1.165) is 0 Å². The fourth-order valence-corrected chi connectivity index (χ4v) is 1.28. The van der Waals surface area contributed by atoms with E-state index in [-0.39, 0.29) is 25.8 Å². The van der Waals surface area contributed by atoms with Gasteiger partial charge in [0, 0.05) is 19.5 Å². The van der Waals surface area contributed by atoms with Crippen LogP contribution in [0.3, 0.4) is 0 Å². The molecule has 0 bridgehead atoms. The van der Waals surface area contributed by atoms with Gasteiger partial charge in [0.2, 0.25) is 0 Å². The Morgan fingerprint density at radius 3 is 1.26 bits per heavy atom. The SMILES string of the molecule is O=C(O)C(O)C(O)C(O)C(O)C(=O)O.O=CC(O)C(O)C(O)C(O)CO.[Zn]. The standard InChI is InChI=1S/C6H10O8.C6H12O6.Zn/c7-1(3(9)5(11)12)2(8)4(10)6(13)14;7-1-3(9)5(11)6(12)4(10)2-8;/h1-4,7-10H,(H,11,12)(H,13,14);1,3-6,8-12H,2H2;. The first-order valence-corrected chi connectivity index (χ1v) is 6.79. The Balaban J connectivity index is -0.000000416. The largest absolute Gasteiger partial charge is 0.479 e. The predicted octanol–water partition coefficient (Wildman–Crippen LogP) is -6.78. The fraction of sp³-hybridized carbons (Fsp3) is 0.750. The van der Waals surface area contributed by atoms with E-state index in [1.54, 1.807) is 0 Å². The Morgan fingerprint density at radius 1 is 0.704 bits per heavy atom. The van der Waals surface area contributed by atoms with Crippen molar-refractivity contribution in [1.82, 2.24) is 0 Å². The number of aliphatic hydroxyl groups is 9. The van der Waals surface area contributed by atoms with Crippen molar-refractivity contribution in [3.05, 3.63) is 0 Å². The number of carboxylic acid groups (broad SMARTS) is 2. The summed E-state index contributed by atoms with van der Waals surface area (Å²) in [7, 11) is 0. The van der Waals surface area contributed by atoms with Gasteiger partial charge >= 0.3 is 11.9 Å². The van der Waals surface area contributed by atoms with E-state index in [4.69, 9.17) is 56.2 Å². The molecule has 0 fully saturated rings. The monoisotopic (exact) mass is 454 g/mol. The van der Waals surface area contributed by atoms with Crippen LogP contribution in [-0.2, 0) is 33.9 Å². The molecule has 0 aliphatic heterocycles. The van der Waals surface area contributed by atoms with Crippen LogP contribution in [0.15, 0.2) is 0 Å². The van der Waals surface area contributed by atoms with Gasteiger partial charge in [-0.25, -0.2) is 9.59 Å². The second kappa shape index (κ2) is 14.9. The quantitative estimate of drug-likeness (QED) is 0.108. The van der Waals surface area contributed by atoms with Crippen LogP contribution >= 0.6 is 0 Å². The smallest absolute Gasteiger partial charge is 0.335 e. The summed E-state index contributed by atoms with van der Waals surface area (Å²) in [5.74, 6) is -3.68. The van der Waals surface area contributed by atoms with Gasteiger partial charge in [-0.1, -0.05) is 0 Å². The summed E-state index contributed by atoms with van der Waals surface area (Å²) in [5.41, 5.74) is 0. The molecule has 14 nitrogen and oxygen atoms in total. The third-order valence-electron chi connectivity index (χ3n) is 2.92.